The lowest BCUT2D eigenvalue weighted by Gasteiger charge is -2.23. The van der Waals surface area contributed by atoms with Crippen molar-refractivity contribution in [1.82, 2.24) is 0 Å². The molecule has 0 radical (unpaired) electrons. The van der Waals surface area contributed by atoms with Crippen molar-refractivity contribution in [3.8, 4) is 5.75 Å². The van der Waals surface area contributed by atoms with Crippen molar-refractivity contribution in [2.75, 3.05) is 11.4 Å². The molecule has 3 aromatic carbocycles. The summed E-state index contributed by atoms with van der Waals surface area (Å²) in [6.45, 7) is 0.201. The Labute approximate surface area is 157 Å². The molecule has 136 valence electrons. The second-order valence-corrected chi connectivity index (χ2v) is 6.16. The van der Waals surface area contributed by atoms with E-state index in [-0.39, 0.29) is 18.1 Å². The Kier molecular flexibility index (Phi) is 5.52. The van der Waals surface area contributed by atoms with Crippen LogP contribution >= 0.6 is 0 Å². The Morgan fingerprint density at radius 1 is 0.778 bits per heavy atom. The molecule has 0 aliphatic heterocycles. The van der Waals surface area contributed by atoms with Gasteiger partial charge in [0.05, 0.1) is 0 Å². The van der Waals surface area contributed by atoms with E-state index in [0.29, 0.717) is 23.4 Å². The van der Waals surface area contributed by atoms with E-state index in [1.165, 1.54) is 12.1 Å². The molecule has 2 N–H and O–H groups in total. The summed E-state index contributed by atoms with van der Waals surface area (Å²) >= 11 is 0. The minimum absolute atomic E-state index is 0.0527. The molecule has 0 amide bonds. The van der Waals surface area contributed by atoms with Gasteiger partial charge in [0.1, 0.15) is 12.3 Å². The molecule has 0 aliphatic carbocycles. The van der Waals surface area contributed by atoms with Gasteiger partial charge in [-0.3, -0.25) is 9.59 Å². The van der Waals surface area contributed by atoms with Crippen molar-refractivity contribution in [1.29, 1.82) is 0 Å². The van der Waals surface area contributed by atoms with Gasteiger partial charge in [0.2, 0.25) is 0 Å². The topological polar surface area (TPSA) is 77.8 Å². The number of carbonyl (C=O) groups is 2. The number of carboxylic acids is 1. The predicted molar refractivity (Wildman–Crippen MR) is 103 cm³/mol. The minimum atomic E-state index is -0.945. The van der Waals surface area contributed by atoms with E-state index in [9.17, 15) is 19.8 Å². The second kappa shape index (κ2) is 8.19. The van der Waals surface area contributed by atoms with Crippen LogP contribution in [-0.2, 0) is 11.3 Å². The van der Waals surface area contributed by atoms with Gasteiger partial charge in [-0.25, -0.2) is 0 Å². The molecule has 0 bridgehead atoms. The zero-order valence-electron chi connectivity index (χ0n) is 14.6. The molecule has 0 fully saturated rings. The summed E-state index contributed by atoms with van der Waals surface area (Å²) in [6, 6.07) is 22.6. The number of ketones is 1. The molecule has 27 heavy (non-hydrogen) atoms. The fourth-order valence-electron chi connectivity index (χ4n) is 2.80. The van der Waals surface area contributed by atoms with Crippen molar-refractivity contribution in [3.63, 3.8) is 0 Å². The van der Waals surface area contributed by atoms with Crippen LogP contribution in [0.2, 0.25) is 0 Å². The molecule has 0 aromatic heterocycles. The maximum absolute atomic E-state index is 12.5. The highest BCUT2D eigenvalue weighted by Crippen LogP contribution is 2.21. The lowest BCUT2D eigenvalue weighted by atomic mass is 10.0. The normalized spacial score (nSPS) is 10.4. The number of hydrogen-bond acceptors (Lipinski definition) is 4. The molecule has 3 rings (SSSR count). The average Bonchev–Trinajstić information content (AvgIpc) is 2.68. The molecule has 5 heteroatoms. The number of carbonyl (C=O) groups excluding carboxylic acids is 1. The second-order valence-electron chi connectivity index (χ2n) is 6.16. The van der Waals surface area contributed by atoms with E-state index in [4.69, 9.17) is 0 Å². The van der Waals surface area contributed by atoms with Gasteiger partial charge in [0.25, 0.3) is 0 Å². The summed E-state index contributed by atoms with van der Waals surface area (Å²) in [5, 5.41) is 18.6. The van der Waals surface area contributed by atoms with Gasteiger partial charge in [-0.15, -0.1) is 0 Å². The molecule has 0 aliphatic rings. The third-order valence-electron chi connectivity index (χ3n) is 4.17. The lowest BCUT2D eigenvalue weighted by molar-refractivity contribution is -0.135. The van der Waals surface area contributed by atoms with Gasteiger partial charge in [0, 0.05) is 23.4 Å². The fraction of sp³-hybridized carbons (Fsp3) is 0.0909. The van der Waals surface area contributed by atoms with E-state index in [1.807, 2.05) is 30.3 Å². The zero-order chi connectivity index (χ0) is 19.2. The van der Waals surface area contributed by atoms with Crippen LogP contribution in [0.4, 0.5) is 5.69 Å². The highest BCUT2D eigenvalue weighted by molar-refractivity contribution is 6.08. The number of anilines is 1. The van der Waals surface area contributed by atoms with Gasteiger partial charge in [-0.1, -0.05) is 54.6 Å². The van der Waals surface area contributed by atoms with Gasteiger partial charge >= 0.3 is 5.97 Å². The predicted octanol–water partition coefficient (Wildman–Crippen LogP) is 3.71. The van der Waals surface area contributed by atoms with Gasteiger partial charge in [0.15, 0.2) is 5.78 Å². The number of aliphatic carboxylic acids is 1. The fourth-order valence-corrected chi connectivity index (χ4v) is 2.80. The zero-order valence-corrected chi connectivity index (χ0v) is 14.6. The monoisotopic (exact) mass is 361 g/mol. The summed E-state index contributed by atoms with van der Waals surface area (Å²) in [5.41, 5.74) is 2.79. The first-order valence-electron chi connectivity index (χ1n) is 8.47. The standard InChI is InChI=1S/C22H19NO4/c24-20-12-10-19(11-13-20)23(15-21(25)26)14-16-6-8-18(9-7-16)22(27)17-4-2-1-3-5-17/h1-13,24H,14-15H2,(H,25,26). The molecule has 0 heterocycles. The number of benzene rings is 3. The minimum Gasteiger partial charge on any atom is -0.508 e. The Bertz CT molecular complexity index is 919. The van der Waals surface area contributed by atoms with Crippen molar-refractivity contribution in [2.24, 2.45) is 0 Å². The molecule has 5 nitrogen and oxygen atoms in total. The highest BCUT2D eigenvalue weighted by Gasteiger charge is 2.13. The molecule has 0 unspecified atom stereocenters. The maximum atomic E-state index is 12.5. The lowest BCUT2D eigenvalue weighted by Crippen LogP contribution is -2.29. The Balaban J connectivity index is 1.77. The van der Waals surface area contributed by atoms with Gasteiger partial charge in [-0.2, -0.15) is 0 Å². The highest BCUT2D eigenvalue weighted by atomic mass is 16.4. The van der Waals surface area contributed by atoms with Crippen LogP contribution in [0, 0.1) is 0 Å². The SMILES string of the molecule is O=C(O)CN(Cc1ccc(C(=O)c2ccccc2)cc1)c1ccc(O)cc1. The Hall–Kier alpha value is -3.60. The number of phenols is 1. The van der Waals surface area contributed by atoms with E-state index < -0.39 is 5.97 Å². The number of hydrogen-bond donors (Lipinski definition) is 2. The quantitative estimate of drug-likeness (QED) is 0.627. The maximum Gasteiger partial charge on any atom is 0.323 e. The molecule has 0 saturated carbocycles. The first kappa shape index (κ1) is 18.2. The molecular formula is C22H19NO4. The van der Waals surface area contributed by atoms with Crippen LogP contribution in [0.3, 0.4) is 0 Å². The van der Waals surface area contributed by atoms with E-state index in [0.717, 1.165) is 5.56 Å². The van der Waals surface area contributed by atoms with Gasteiger partial charge in [-0.05, 0) is 29.8 Å². The molecule has 0 atom stereocenters. The number of nitrogens with zero attached hydrogens (tertiary/aromatic N) is 1. The smallest absolute Gasteiger partial charge is 0.323 e. The van der Waals surface area contributed by atoms with Crippen molar-refractivity contribution < 1.29 is 19.8 Å². The number of rotatable bonds is 7. The van der Waals surface area contributed by atoms with Crippen LogP contribution in [0.15, 0.2) is 78.9 Å². The van der Waals surface area contributed by atoms with E-state index >= 15 is 0 Å². The van der Waals surface area contributed by atoms with E-state index in [2.05, 4.69) is 0 Å². The molecule has 0 saturated heterocycles. The van der Waals surface area contributed by atoms with Crippen molar-refractivity contribution in [2.45, 2.75) is 6.54 Å². The first-order valence-corrected chi connectivity index (χ1v) is 8.47. The van der Waals surface area contributed by atoms with Crippen LogP contribution in [0.1, 0.15) is 21.5 Å². The summed E-state index contributed by atoms with van der Waals surface area (Å²) in [7, 11) is 0. The average molecular weight is 361 g/mol. The molecule has 0 spiro atoms. The summed E-state index contributed by atoms with van der Waals surface area (Å²) in [6.07, 6.45) is 0. The van der Waals surface area contributed by atoms with Crippen molar-refractivity contribution >= 4 is 17.4 Å². The molecular weight excluding hydrogens is 342 g/mol. The number of aromatic hydroxyl groups is 1. The third kappa shape index (κ3) is 4.73. The number of carboxylic acid groups (broad SMARTS) is 1. The largest absolute Gasteiger partial charge is 0.508 e. The van der Waals surface area contributed by atoms with Crippen LogP contribution in [0.5, 0.6) is 5.75 Å². The Morgan fingerprint density at radius 2 is 1.37 bits per heavy atom. The van der Waals surface area contributed by atoms with Gasteiger partial charge < -0.3 is 15.1 Å². The first-order chi connectivity index (χ1) is 13.0. The van der Waals surface area contributed by atoms with Crippen LogP contribution in [0.25, 0.3) is 0 Å². The third-order valence-corrected chi connectivity index (χ3v) is 4.17. The molecule has 3 aromatic rings. The van der Waals surface area contributed by atoms with Crippen LogP contribution < -0.4 is 4.90 Å². The summed E-state index contributed by atoms with van der Waals surface area (Å²) in [5.74, 6) is -0.875. The summed E-state index contributed by atoms with van der Waals surface area (Å²) < 4.78 is 0. The van der Waals surface area contributed by atoms with Crippen LogP contribution in [-0.4, -0.2) is 28.5 Å². The Morgan fingerprint density at radius 3 is 1.96 bits per heavy atom. The van der Waals surface area contributed by atoms with E-state index in [1.54, 1.807) is 41.3 Å². The number of phenolic OH excluding ortho intramolecular Hbond substituents is 1. The van der Waals surface area contributed by atoms with Crippen molar-refractivity contribution in [3.05, 3.63) is 95.6 Å². The summed E-state index contributed by atoms with van der Waals surface area (Å²) in [4.78, 5) is 25.4.